The van der Waals surface area contributed by atoms with E-state index in [1.165, 1.54) is 5.56 Å². The van der Waals surface area contributed by atoms with Crippen molar-refractivity contribution in [2.45, 2.75) is 33.1 Å². The predicted octanol–water partition coefficient (Wildman–Crippen LogP) is 3.23. The van der Waals surface area contributed by atoms with Crippen molar-refractivity contribution in [1.82, 2.24) is 0 Å². The molecule has 0 radical (unpaired) electrons. The standard InChI is InChI=1S/C14H19NO/c1-10(2)8-11-4-3-5-13(9-11)15-14(16)12-6-7-12/h3-5,9-10,12H,6-8H2,1-2H3,(H,15,16). The van der Waals surface area contributed by atoms with Gasteiger partial charge in [0.1, 0.15) is 0 Å². The number of carbonyl (C=O) groups excluding carboxylic acids is 1. The summed E-state index contributed by atoms with van der Waals surface area (Å²) < 4.78 is 0. The van der Waals surface area contributed by atoms with Crippen molar-refractivity contribution in [1.29, 1.82) is 0 Å². The molecule has 1 aliphatic rings. The topological polar surface area (TPSA) is 29.1 Å². The molecule has 1 aliphatic carbocycles. The summed E-state index contributed by atoms with van der Waals surface area (Å²) in [6.07, 6.45) is 3.17. The van der Waals surface area contributed by atoms with Gasteiger partial charge in [0.15, 0.2) is 0 Å². The Bertz CT molecular complexity index is 380. The fourth-order valence-corrected chi connectivity index (χ4v) is 1.84. The smallest absolute Gasteiger partial charge is 0.227 e. The number of anilines is 1. The first-order valence-electron chi connectivity index (χ1n) is 6.05. The van der Waals surface area contributed by atoms with E-state index in [0.29, 0.717) is 5.92 Å². The van der Waals surface area contributed by atoms with Crippen molar-refractivity contribution < 1.29 is 4.79 Å². The Morgan fingerprint density at radius 2 is 2.19 bits per heavy atom. The Kier molecular flexibility index (Phi) is 3.28. The Balaban J connectivity index is 2.00. The molecule has 1 amide bonds. The van der Waals surface area contributed by atoms with Gasteiger partial charge in [-0.15, -0.1) is 0 Å². The first kappa shape index (κ1) is 11.2. The van der Waals surface area contributed by atoms with Gasteiger partial charge in [-0.2, -0.15) is 0 Å². The largest absolute Gasteiger partial charge is 0.326 e. The second-order valence-electron chi connectivity index (χ2n) is 5.06. The summed E-state index contributed by atoms with van der Waals surface area (Å²) in [6, 6.07) is 8.18. The lowest BCUT2D eigenvalue weighted by molar-refractivity contribution is -0.117. The first-order chi connectivity index (χ1) is 7.65. The highest BCUT2D eigenvalue weighted by Crippen LogP contribution is 2.30. The van der Waals surface area contributed by atoms with E-state index in [4.69, 9.17) is 0 Å². The van der Waals surface area contributed by atoms with Crippen molar-refractivity contribution in [3.05, 3.63) is 29.8 Å². The van der Waals surface area contributed by atoms with E-state index in [1.807, 2.05) is 12.1 Å². The van der Waals surface area contributed by atoms with E-state index in [9.17, 15) is 4.79 Å². The highest BCUT2D eigenvalue weighted by Gasteiger charge is 2.29. The molecule has 0 aliphatic heterocycles. The Labute approximate surface area is 97.1 Å². The van der Waals surface area contributed by atoms with Crippen molar-refractivity contribution in [2.75, 3.05) is 5.32 Å². The highest BCUT2D eigenvalue weighted by atomic mass is 16.2. The number of amides is 1. The zero-order valence-electron chi connectivity index (χ0n) is 9.99. The third-order valence-electron chi connectivity index (χ3n) is 2.79. The number of hydrogen-bond acceptors (Lipinski definition) is 1. The molecule has 0 heterocycles. The first-order valence-corrected chi connectivity index (χ1v) is 6.05. The fraction of sp³-hybridized carbons (Fsp3) is 0.500. The average molecular weight is 217 g/mol. The van der Waals surface area contributed by atoms with Crippen LogP contribution in [0.25, 0.3) is 0 Å². The van der Waals surface area contributed by atoms with Gasteiger partial charge in [0.2, 0.25) is 5.91 Å². The van der Waals surface area contributed by atoms with E-state index in [1.54, 1.807) is 0 Å². The second-order valence-corrected chi connectivity index (χ2v) is 5.06. The molecule has 0 unspecified atom stereocenters. The van der Waals surface area contributed by atoms with Gasteiger partial charge in [-0.1, -0.05) is 26.0 Å². The number of benzene rings is 1. The van der Waals surface area contributed by atoms with Crippen LogP contribution in [0.1, 0.15) is 32.3 Å². The van der Waals surface area contributed by atoms with Gasteiger partial charge in [-0.05, 0) is 42.9 Å². The quantitative estimate of drug-likeness (QED) is 0.824. The molecule has 0 atom stereocenters. The van der Waals surface area contributed by atoms with E-state index < -0.39 is 0 Å². The van der Waals surface area contributed by atoms with Crippen LogP contribution in [-0.2, 0) is 11.2 Å². The molecule has 1 N–H and O–H groups in total. The molecule has 86 valence electrons. The van der Waals surface area contributed by atoms with E-state index in [-0.39, 0.29) is 11.8 Å². The van der Waals surface area contributed by atoms with Crippen molar-refractivity contribution >= 4 is 11.6 Å². The zero-order valence-corrected chi connectivity index (χ0v) is 9.99. The molecule has 1 aromatic rings. The number of hydrogen-bond donors (Lipinski definition) is 1. The summed E-state index contributed by atoms with van der Waals surface area (Å²) >= 11 is 0. The molecule has 0 saturated heterocycles. The van der Waals surface area contributed by atoms with Gasteiger partial charge in [-0.25, -0.2) is 0 Å². The SMILES string of the molecule is CC(C)Cc1cccc(NC(=O)C2CC2)c1. The maximum atomic E-state index is 11.6. The molecule has 2 heteroatoms. The fourth-order valence-electron chi connectivity index (χ4n) is 1.84. The van der Waals surface area contributed by atoms with Crippen LogP contribution in [0.5, 0.6) is 0 Å². The lowest BCUT2D eigenvalue weighted by Crippen LogP contribution is -2.13. The van der Waals surface area contributed by atoms with Crippen molar-refractivity contribution in [3.8, 4) is 0 Å². The predicted molar refractivity (Wildman–Crippen MR) is 66.3 cm³/mol. The van der Waals surface area contributed by atoms with Crippen LogP contribution in [0.3, 0.4) is 0 Å². The molecular weight excluding hydrogens is 198 g/mol. The van der Waals surface area contributed by atoms with Gasteiger partial charge in [-0.3, -0.25) is 4.79 Å². The minimum Gasteiger partial charge on any atom is -0.326 e. The summed E-state index contributed by atoms with van der Waals surface area (Å²) in [5.41, 5.74) is 2.23. The second kappa shape index (κ2) is 4.69. The molecule has 2 rings (SSSR count). The molecule has 0 aromatic heterocycles. The van der Waals surface area contributed by atoms with Gasteiger partial charge >= 0.3 is 0 Å². The minimum atomic E-state index is 0.182. The normalized spacial score (nSPS) is 15.2. The van der Waals surface area contributed by atoms with Crippen molar-refractivity contribution in [2.24, 2.45) is 11.8 Å². The summed E-state index contributed by atoms with van der Waals surface area (Å²) in [6.45, 7) is 4.41. The van der Waals surface area contributed by atoms with E-state index in [0.717, 1.165) is 24.9 Å². The molecule has 0 spiro atoms. The molecule has 2 nitrogen and oxygen atoms in total. The summed E-state index contributed by atoms with van der Waals surface area (Å²) in [4.78, 5) is 11.6. The van der Waals surface area contributed by atoms with Crippen LogP contribution in [0.4, 0.5) is 5.69 Å². The molecule has 1 aromatic carbocycles. The lowest BCUT2D eigenvalue weighted by Gasteiger charge is -2.08. The van der Waals surface area contributed by atoms with Gasteiger partial charge in [0, 0.05) is 11.6 Å². The maximum Gasteiger partial charge on any atom is 0.227 e. The van der Waals surface area contributed by atoms with Crippen molar-refractivity contribution in [3.63, 3.8) is 0 Å². The van der Waals surface area contributed by atoms with E-state index >= 15 is 0 Å². The molecular formula is C14H19NO. The van der Waals surface area contributed by atoms with Crippen LogP contribution in [-0.4, -0.2) is 5.91 Å². The third kappa shape index (κ3) is 3.09. The van der Waals surface area contributed by atoms with Crippen LogP contribution in [0.2, 0.25) is 0 Å². The Hall–Kier alpha value is -1.31. The lowest BCUT2D eigenvalue weighted by atomic mass is 10.0. The molecule has 1 saturated carbocycles. The molecule has 16 heavy (non-hydrogen) atoms. The Morgan fingerprint density at radius 3 is 2.81 bits per heavy atom. The van der Waals surface area contributed by atoms with Gasteiger partial charge < -0.3 is 5.32 Å². The molecule has 1 fully saturated rings. The van der Waals surface area contributed by atoms with Crippen LogP contribution >= 0.6 is 0 Å². The van der Waals surface area contributed by atoms with Crippen LogP contribution < -0.4 is 5.32 Å². The van der Waals surface area contributed by atoms with Gasteiger partial charge in [0.05, 0.1) is 0 Å². The summed E-state index contributed by atoms with van der Waals surface area (Å²) in [7, 11) is 0. The monoisotopic (exact) mass is 217 g/mol. The van der Waals surface area contributed by atoms with Crippen LogP contribution in [0.15, 0.2) is 24.3 Å². The number of rotatable bonds is 4. The summed E-state index contributed by atoms with van der Waals surface area (Å²) in [5, 5.41) is 2.98. The average Bonchev–Trinajstić information content (AvgIpc) is 2.99. The number of nitrogens with one attached hydrogen (secondary N) is 1. The maximum absolute atomic E-state index is 11.6. The summed E-state index contributed by atoms with van der Waals surface area (Å²) in [5.74, 6) is 1.10. The van der Waals surface area contributed by atoms with E-state index in [2.05, 4.69) is 31.3 Å². The third-order valence-corrected chi connectivity index (χ3v) is 2.79. The molecule has 0 bridgehead atoms. The Morgan fingerprint density at radius 1 is 1.44 bits per heavy atom. The minimum absolute atomic E-state index is 0.182. The van der Waals surface area contributed by atoms with Crippen LogP contribution in [0, 0.1) is 11.8 Å². The highest BCUT2D eigenvalue weighted by molar-refractivity contribution is 5.94. The number of carbonyl (C=O) groups is 1. The van der Waals surface area contributed by atoms with Gasteiger partial charge in [0.25, 0.3) is 0 Å². The zero-order chi connectivity index (χ0) is 11.5.